The molecule has 2 N–H and O–H groups in total. The summed E-state index contributed by atoms with van der Waals surface area (Å²) in [5, 5.41) is 13.8. The molecule has 5 rings (SSSR count). The summed E-state index contributed by atoms with van der Waals surface area (Å²) in [7, 11) is 0. The maximum Gasteiger partial charge on any atom is 0.223 e. The van der Waals surface area contributed by atoms with E-state index in [4.69, 9.17) is 23.4 Å². The number of aliphatic hydroxyl groups is 1. The van der Waals surface area contributed by atoms with Crippen molar-refractivity contribution in [2.45, 2.75) is 43.9 Å². The van der Waals surface area contributed by atoms with Gasteiger partial charge in [-0.25, -0.2) is 0 Å². The number of hydrogen-bond acceptors (Lipinski definition) is 8. The van der Waals surface area contributed by atoms with Gasteiger partial charge in [0.15, 0.2) is 11.5 Å². The average molecular weight is 506 g/mol. The number of rotatable bonds is 7. The molecule has 9 nitrogen and oxygen atoms in total. The van der Waals surface area contributed by atoms with E-state index in [1.807, 2.05) is 30.3 Å². The van der Waals surface area contributed by atoms with Crippen molar-refractivity contribution in [3.8, 4) is 5.75 Å². The van der Waals surface area contributed by atoms with Gasteiger partial charge in [-0.15, -0.1) is 0 Å². The van der Waals surface area contributed by atoms with Gasteiger partial charge in [-0.05, 0) is 48.0 Å². The molecule has 3 aromatic rings. The van der Waals surface area contributed by atoms with Crippen LogP contribution < -0.4 is 10.1 Å². The standard InChI is InChI=1S/C28H27NO8/c1-17(30)29-24-25(32)26-23(16-34-27(37-26)22-8-5-15-33-22)36-28(24)35-20-12-10-19(11-13-20)21(31)14-9-18-6-3-2-4-7-18/h2-15,23-28,32H,16H2,1H3,(H,29,30)/b14-9+. The van der Waals surface area contributed by atoms with Gasteiger partial charge >= 0.3 is 0 Å². The highest BCUT2D eigenvalue weighted by Gasteiger charge is 2.51. The molecule has 2 aliphatic rings. The second kappa shape index (κ2) is 11.1. The number of ketones is 1. The summed E-state index contributed by atoms with van der Waals surface area (Å²) >= 11 is 0. The third kappa shape index (κ3) is 5.81. The maximum absolute atomic E-state index is 12.5. The number of fused-ring (bicyclic) bond motifs is 1. The lowest BCUT2D eigenvalue weighted by atomic mass is 9.96. The number of amides is 1. The van der Waals surface area contributed by atoms with Crippen LogP contribution in [0.5, 0.6) is 5.75 Å². The second-order valence-corrected chi connectivity index (χ2v) is 8.79. The first-order chi connectivity index (χ1) is 18.0. The smallest absolute Gasteiger partial charge is 0.223 e. The van der Waals surface area contributed by atoms with Gasteiger partial charge in [0.2, 0.25) is 18.5 Å². The molecule has 6 atom stereocenters. The Morgan fingerprint density at radius 2 is 1.81 bits per heavy atom. The predicted molar refractivity (Wildman–Crippen MR) is 131 cm³/mol. The topological polar surface area (TPSA) is 116 Å². The molecule has 0 aliphatic carbocycles. The van der Waals surface area contributed by atoms with Gasteiger partial charge in [0.25, 0.3) is 0 Å². The fraction of sp³-hybridized carbons (Fsp3) is 0.286. The highest BCUT2D eigenvalue weighted by atomic mass is 16.8. The number of carbonyl (C=O) groups excluding carboxylic acids is 2. The van der Waals surface area contributed by atoms with E-state index < -0.39 is 36.9 Å². The minimum Gasteiger partial charge on any atom is -0.464 e. The number of nitrogens with one attached hydrogen (secondary N) is 1. The van der Waals surface area contributed by atoms with Gasteiger partial charge in [-0.2, -0.15) is 0 Å². The molecule has 0 radical (unpaired) electrons. The Kier molecular flexibility index (Phi) is 7.47. The zero-order valence-electron chi connectivity index (χ0n) is 20.1. The summed E-state index contributed by atoms with van der Waals surface area (Å²) in [6.07, 6.45) is 0.388. The molecule has 2 fully saturated rings. The summed E-state index contributed by atoms with van der Waals surface area (Å²) in [5.74, 6) is 0.357. The molecule has 3 heterocycles. The zero-order valence-corrected chi connectivity index (χ0v) is 20.1. The second-order valence-electron chi connectivity index (χ2n) is 8.79. The van der Waals surface area contributed by atoms with E-state index in [0.717, 1.165) is 5.56 Å². The van der Waals surface area contributed by atoms with E-state index in [0.29, 0.717) is 17.1 Å². The molecule has 9 heteroatoms. The molecule has 6 unspecified atom stereocenters. The summed E-state index contributed by atoms with van der Waals surface area (Å²) in [6.45, 7) is 1.47. The number of allylic oxidation sites excluding steroid dienone is 1. The molecule has 2 aromatic carbocycles. The molecule has 0 spiro atoms. The number of aliphatic hydroxyl groups excluding tert-OH is 1. The van der Waals surface area contributed by atoms with Crippen molar-refractivity contribution in [2.75, 3.05) is 6.61 Å². The summed E-state index contributed by atoms with van der Waals surface area (Å²) in [5.41, 5.74) is 1.41. The number of furan rings is 1. The van der Waals surface area contributed by atoms with Crippen LogP contribution in [0.15, 0.2) is 83.5 Å². The fourth-order valence-corrected chi connectivity index (χ4v) is 4.31. The number of benzene rings is 2. The van der Waals surface area contributed by atoms with E-state index in [-0.39, 0.29) is 18.3 Å². The number of carbonyl (C=O) groups is 2. The summed E-state index contributed by atoms with van der Waals surface area (Å²) in [4.78, 5) is 24.4. The van der Waals surface area contributed by atoms with Crippen molar-refractivity contribution in [3.63, 3.8) is 0 Å². The average Bonchev–Trinajstić information content (AvgIpc) is 3.45. The van der Waals surface area contributed by atoms with Crippen molar-refractivity contribution in [1.82, 2.24) is 5.32 Å². The van der Waals surface area contributed by atoms with Crippen LogP contribution in [0.3, 0.4) is 0 Å². The molecule has 2 aliphatic heterocycles. The SMILES string of the molecule is CC(=O)NC1C(Oc2ccc(C(=O)/C=C/c3ccccc3)cc2)OC2COC(c3ccco3)OC2C1O. The monoisotopic (exact) mass is 505 g/mol. The molecule has 0 bridgehead atoms. The van der Waals surface area contributed by atoms with Gasteiger partial charge in [-0.3, -0.25) is 9.59 Å². The van der Waals surface area contributed by atoms with E-state index >= 15 is 0 Å². The van der Waals surface area contributed by atoms with Crippen LogP contribution in [0.1, 0.15) is 34.9 Å². The predicted octanol–water partition coefficient (Wildman–Crippen LogP) is 3.26. The normalized spacial score (nSPS) is 27.4. The van der Waals surface area contributed by atoms with Gasteiger partial charge in [0, 0.05) is 12.5 Å². The number of hydrogen-bond donors (Lipinski definition) is 2. The van der Waals surface area contributed by atoms with Crippen LogP contribution in [0.2, 0.25) is 0 Å². The Labute approximate surface area is 213 Å². The van der Waals surface area contributed by atoms with E-state index in [1.165, 1.54) is 19.3 Å². The Hall–Kier alpha value is -3.76. The molecular weight excluding hydrogens is 478 g/mol. The Morgan fingerprint density at radius 1 is 1.03 bits per heavy atom. The lowest BCUT2D eigenvalue weighted by Gasteiger charge is -2.47. The molecule has 1 aromatic heterocycles. The van der Waals surface area contributed by atoms with Crippen molar-refractivity contribution in [3.05, 3.63) is 96.0 Å². The first-order valence-corrected chi connectivity index (χ1v) is 11.9. The van der Waals surface area contributed by atoms with Crippen molar-refractivity contribution >= 4 is 17.8 Å². The zero-order chi connectivity index (χ0) is 25.8. The minimum absolute atomic E-state index is 0.126. The molecule has 0 saturated carbocycles. The van der Waals surface area contributed by atoms with E-state index in [1.54, 1.807) is 42.5 Å². The molecule has 2 saturated heterocycles. The van der Waals surface area contributed by atoms with Gasteiger partial charge in [0.05, 0.1) is 12.9 Å². The number of ether oxygens (including phenoxy) is 4. The van der Waals surface area contributed by atoms with Crippen LogP contribution in [0, 0.1) is 0 Å². The molecule has 192 valence electrons. The fourth-order valence-electron chi connectivity index (χ4n) is 4.31. The molecular formula is C28H27NO8. The van der Waals surface area contributed by atoms with Crippen LogP contribution in [-0.4, -0.2) is 54.0 Å². The Balaban J connectivity index is 1.27. The third-order valence-electron chi connectivity index (χ3n) is 6.13. The summed E-state index contributed by atoms with van der Waals surface area (Å²) < 4.78 is 29.0. The summed E-state index contributed by atoms with van der Waals surface area (Å²) in [6, 6.07) is 18.6. The van der Waals surface area contributed by atoms with E-state index in [9.17, 15) is 14.7 Å². The third-order valence-corrected chi connectivity index (χ3v) is 6.13. The molecule has 37 heavy (non-hydrogen) atoms. The maximum atomic E-state index is 12.5. The van der Waals surface area contributed by atoms with Crippen molar-refractivity contribution in [2.24, 2.45) is 0 Å². The first kappa shape index (κ1) is 24.9. The van der Waals surface area contributed by atoms with Gasteiger partial charge < -0.3 is 33.8 Å². The highest BCUT2D eigenvalue weighted by Crippen LogP contribution is 2.35. The van der Waals surface area contributed by atoms with Crippen molar-refractivity contribution in [1.29, 1.82) is 0 Å². The quantitative estimate of drug-likeness (QED) is 0.371. The van der Waals surface area contributed by atoms with Crippen LogP contribution >= 0.6 is 0 Å². The minimum atomic E-state index is -1.14. The highest BCUT2D eigenvalue weighted by molar-refractivity contribution is 6.06. The van der Waals surface area contributed by atoms with Gasteiger partial charge in [-0.1, -0.05) is 36.4 Å². The largest absolute Gasteiger partial charge is 0.464 e. The van der Waals surface area contributed by atoms with Crippen LogP contribution in [0.4, 0.5) is 0 Å². The molecule has 1 amide bonds. The lowest BCUT2D eigenvalue weighted by molar-refractivity contribution is -0.336. The van der Waals surface area contributed by atoms with Crippen molar-refractivity contribution < 1.29 is 38.1 Å². The first-order valence-electron chi connectivity index (χ1n) is 11.9. The van der Waals surface area contributed by atoms with Gasteiger partial charge in [0.1, 0.15) is 30.1 Å². The van der Waals surface area contributed by atoms with E-state index in [2.05, 4.69) is 5.32 Å². The van der Waals surface area contributed by atoms with Crippen LogP contribution in [0.25, 0.3) is 6.08 Å². The lowest BCUT2D eigenvalue weighted by Crippen LogP contribution is -2.67. The Bertz CT molecular complexity index is 1220. The Morgan fingerprint density at radius 3 is 2.51 bits per heavy atom. The van der Waals surface area contributed by atoms with Crippen LogP contribution in [-0.2, 0) is 19.0 Å².